The molecule has 1 fully saturated rings. The SMILES string of the molecule is CC[C@H]1OC(=O)[C@H](C)C[C@H](C)[C@@H](C(C)C)[C@](C)(OC)C[C@@H](C)C(=O)[C@H](C)[C@@H](O)[C@]1(C)O. The van der Waals surface area contributed by atoms with E-state index in [0.29, 0.717) is 19.3 Å². The van der Waals surface area contributed by atoms with Gasteiger partial charge in [-0.1, -0.05) is 48.5 Å². The lowest BCUT2D eigenvalue weighted by Crippen LogP contribution is -2.56. The summed E-state index contributed by atoms with van der Waals surface area (Å²) in [4.78, 5) is 26.1. The molecular weight excluding hydrogens is 396 g/mol. The minimum Gasteiger partial charge on any atom is -0.459 e. The summed E-state index contributed by atoms with van der Waals surface area (Å²) >= 11 is 0. The van der Waals surface area contributed by atoms with Gasteiger partial charge in [-0.25, -0.2) is 0 Å². The van der Waals surface area contributed by atoms with Crippen molar-refractivity contribution in [2.45, 2.75) is 105 Å². The molecule has 0 aromatic heterocycles. The average Bonchev–Trinajstić information content (AvgIpc) is 2.68. The molecule has 6 heteroatoms. The van der Waals surface area contributed by atoms with Crippen LogP contribution in [0.1, 0.15) is 81.6 Å². The van der Waals surface area contributed by atoms with E-state index in [9.17, 15) is 19.8 Å². The molecule has 1 heterocycles. The van der Waals surface area contributed by atoms with Crippen molar-refractivity contribution in [2.75, 3.05) is 7.11 Å². The summed E-state index contributed by atoms with van der Waals surface area (Å²) in [7, 11) is 1.68. The van der Waals surface area contributed by atoms with Gasteiger partial charge in [-0.15, -0.1) is 0 Å². The monoisotopic (exact) mass is 442 g/mol. The standard InChI is InChI=1S/C25H46O6/c1-11-19-25(9,29)22(27)18(7)21(26)17(6)13-24(8,30-10)20(14(2)3)15(4)12-16(5)23(28)31-19/h14-20,22,27,29H,11-13H2,1-10H3/t15-,16+,17+,18-,19+,20+,22+,24+,25+/m0/s1. The number of methoxy groups -OCH3 is 1. The highest BCUT2D eigenvalue weighted by Gasteiger charge is 2.48. The van der Waals surface area contributed by atoms with E-state index in [1.165, 1.54) is 6.92 Å². The molecule has 1 saturated heterocycles. The van der Waals surface area contributed by atoms with E-state index in [0.717, 1.165) is 0 Å². The number of carbonyl (C=O) groups excluding carboxylic acids is 2. The maximum absolute atomic E-state index is 13.3. The third kappa shape index (κ3) is 6.08. The Kier molecular flexibility index (Phi) is 9.74. The first-order valence-electron chi connectivity index (χ1n) is 11.8. The molecule has 0 aromatic rings. The van der Waals surface area contributed by atoms with Gasteiger partial charge in [0.25, 0.3) is 0 Å². The summed E-state index contributed by atoms with van der Waals surface area (Å²) in [6, 6.07) is 0. The summed E-state index contributed by atoms with van der Waals surface area (Å²) in [5.74, 6) is -1.49. The van der Waals surface area contributed by atoms with E-state index in [-0.39, 0.29) is 35.4 Å². The van der Waals surface area contributed by atoms with Crippen LogP contribution >= 0.6 is 0 Å². The molecule has 0 bridgehead atoms. The maximum atomic E-state index is 13.3. The molecule has 0 amide bonds. The van der Waals surface area contributed by atoms with Crippen LogP contribution < -0.4 is 0 Å². The van der Waals surface area contributed by atoms with Crippen LogP contribution in [0.3, 0.4) is 0 Å². The summed E-state index contributed by atoms with van der Waals surface area (Å²) in [6.07, 6.45) is -0.797. The Morgan fingerprint density at radius 3 is 2.13 bits per heavy atom. The smallest absolute Gasteiger partial charge is 0.309 e. The molecule has 1 aliphatic rings. The number of cyclic esters (lactones) is 1. The molecule has 6 nitrogen and oxygen atoms in total. The van der Waals surface area contributed by atoms with Crippen LogP contribution in [0.2, 0.25) is 0 Å². The van der Waals surface area contributed by atoms with Crippen LogP contribution in [-0.4, -0.2) is 52.5 Å². The molecule has 1 rings (SSSR count). The van der Waals surface area contributed by atoms with Crippen LogP contribution in [-0.2, 0) is 19.1 Å². The second-order valence-electron chi connectivity index (χ2n) is 10.7. The fourth-order valence-corrected chi connectivity index (χ4v) is 6.00. The average molecular weight is 443 g/mol. The van der Waals surface area contributed by atoms with Crippen molar-refractivity contribution < 1.29 is 29.3 Å². The van der Waals surface area contributed by atoms with Crippen molar-refractivity contribution >= 4 is 11.8 Å². The molecule has 0 aromatic carbocycles. The van der Waals surface area contributed by atoms with E-state index in [1.54, 1.807) is 21.0 Å². The van der Waals surface area contributed by atoms with Crippen molar-refractivity contribution in [1.82, 2.24) is 0 Å². The van der Waals surface area contributed by atoms with E-state index in [4.69, 9.17) is 9.47 Å². The van der Waals surface area contributed by atoms with E-state index >= 15 is 0 Å². The number of aliphatic hydroxyl groups excluding tert-OH is 1. The van der Waals surface area contributed by atoms with E-state index < -0.39 is 35.3 Å². The molecule has 0 radical (unpaired) electrons. The number of ketones is 1. The topological polar surface area (TPSA) is 93.1 Å². The van der Waals surface area contributed by atoms with Gasteiger partial charge in [0.2, 0.25) is 0 Å². The molecule has 1 aliphatic heterocycles. The number of esters is 1. The Morgan fingerprint density at radius 2 is 1.68 bits per heavy atom. The Morgan fingerprint density at radius 1 is 1.13 bits per heavy atom. The lowest BCUT2D eigenvalue weighted by molar-refractivity contribution is -0.191. The summed E-state index contributed by atoms with van der Waals surface area (Å²) in [5.41, 5.74) is -2.31. The van der Waals surface area contributed by atoms with Gasteiger partial charge in [-0.3, -0.25) is 9.59 Å². The van der Waals surface area contributed by atoms with Gasteiger partial charge in [0.05, 0.1) is 17.6 Å². The van der Waals surface area contributed by atoms with Gasteiger partial charge in [0.1, 0.15) is 17.5 Å². The second-order valence-corrected chi connectivity index (χ2v) is 10.7. The highest BCUT2D eigenvalue weighted by molar-refractivity contribution is 5.83. The van der Waals surface area contributed by atoms with Crippen LogP contribution in [0.4, 0.5) is 0 Å². The zero-order valence-corrected chi connectivity index (χ0v) is 21.3. The Balaban J connectivity index is 3.50. The third-order valence-electron chi connectivity index (χ3n) is 7.63. The van der Waals surface area contributed by atoms with Crippen LogP contribution in [0.5, 0.6) is 0 Å². The zero-order valence-electron chi connectivity index (χ0n) is 21.3. The largest absolute Gasteiger partial charge is 0.459 e. The Labute approximate surface area is 189 Å². The van der Waals surface area contributed by atoms with Crippen molar-refractivity contribution in [2.24, 2.45) is 35.5 Å². The Bertz CT molecular complexity index is 615. The van der Waals surface area contributed by atoms with Crippen molar-refractivity contribution in [3.8, 4) is 0 Å². The van der Waals surface area contributed by atoms with Gasteiger partial charge in [-0.2, -0.15) is 0 Å². The second kappa shape index (κ2) is 10.8. The van der Waals surface area contributed by atoms with Crippen LogP contribution in [0.15, 0.2) is 0 Å². The number of rotatable bonds is 3. The van der Waals surface area contributed by atoms with Gasteiger partial charge in [0, 0.05) is 18.9 Å². The molecule has 0 spiro atoms. The van der Waals surface area contributed by atoms with Crippen molar-refractivity contribution in [3.63, 3.8) is 0 Å². The van der Waals surface area contributed by atoms with Gasteiger partial charge < -0.3 is 19.7 Å². The van der Waals surface area contributed by atoms with E-state index in [2.05, 4.69) is 20.8 Å². The van der Waals surface area contributed by atoms with E-state index in [1.807, 2.05) is 20.8 Å². The first-order valence-corrected chi connectivity index (χ1v) is 11.8. The zero-order chi connectivity index (χ0) is 24.3. The lowest BCUT2D eigenvalue weighted by Gasteiger charge is -2.45. The first-order chi connectivity index (χ1) is 14.1. The third-order valence-corrected chi connectivity index (χ3v) is 7.63. The number of aliphatic hydroxyl groups is 2. The summed E-state index contributed by atoms with van der Waals surface area (Å²) < 4.78 is 11.7. The Hall–Kier alpha value is -0.980. The molecule has 9 atom stereocenters. The molecule has 0 aliphatic carbocycles. The van der Waals surface area contributed by atoms with Gasteiger partial charge in [0.15, 0.2) is 0 Å². The van der Waals surface area contributed by atoms with Crippen LogP contribution in [0, 0.1) is 35.5 Å². The fourth-order valence-electron chi connectivity index (χ4n) is 6.00. The normalized spacial score (nSPS) is 44.1. The maximum Gasteiger partial charge on any atom is 0.309 e. The van der Waals surface area contributed by atoms with Gasteiger partial charge in [-0.05, 0) is 50.9 Å². The van der Waals surface area contributed by atoms with Crippen molar-refractivity contribution in [3.05, 3.63) is 0 Å². The highest BCUT2D eigenvalue weighted by Crippen LogP contribution is 2.42. The number of hydrogen-bond acceptors (Lipinski definition) is 6. The molecule has 0 unspecified atom stereocenters. The van der Waals surface area contributed by atoms with Gasteiger partial charge >= 0.3 is 5.97 Å². The molecule has 31 heavy (non-hydrogen) atoms. The molecule has 2 N–H and O–H groups in total. The molecule has 0 saturated carbocycles. The summed E-state index contributed by atoms with van der Waals surface area (Å²) in [6.45, 7) is 17.0. The molecule has 182 valence electrons. The first kappa shape index (κ1) is 28.1. The fraction of sp³-hybridized carbons (Fsp3) is 0.920. The summed E-state index contributed by atoms with van der Waals surface area (Å²) in [5, 5.41) is 22.0. The lowest BCUT2D eigenvalue weighted by atomic mass is 9.67. The van der Waals surface area contributed by atoms with Crippen molar-refractivity contribution in [1.29, 1.82) is 0 Å². The highest BCUT2D eigenvalue weighted by atomic mass is 16.6. The number of carbonyl (C=O) groups is 2. The minimum atomic E-state index is -1.74. The minimum absolute atomic E-state index is 0.122. The molecular formula is C25H46O6. The number of hydrogen-bond donors (Lipinski definition) is 2. The quantitative estimate of drug-likeness (QED) is 0.642. The number of ether oxygens (including phenoxy) is 2. The van der Waals surface area contributed by atoms with Crippen LogP contribution in [0.25, 0.3) is 0 Å². The number of Topliss-reactive ketones (excluding diaryl/α,β-unsaturated/α-hetero) is 1. The predicted molar refractivity (Wildman–Crippen MR) is 121 cm³/mol. The predicted octanol–water partition coefficient (Wildman–Crippen LogP) is 4.00.